The van der Waals surface area contributed by atoms with Gasteiger partial charge >= 0.3 is 0 Å². The van der Waals surface area contributed by atoms with Crippen LogP contribution in [0.25, 0.3) is 11.1 Å². The SMILES string of the molecule is O=C(Cc1ccc(-c2ccc(OCN3CCOCC3)cc2)cc1)C(O)Cc1ccccc1. The van der Waals surface area contributed by atoms with Crippen molar-refractivity contribution in [3.05, 3.63) is 90.0 Å². The number of aliphatic hydroxyl groups excluding tert-OH is 1. The maximum absolute atomic E-state index is 12.4. The summed E-state index contributed by atoms with van der Waals surface area (Å²) in [6.07, 6.45) is -0.414. The highest BCUT2D eigenvalue weighted by Crippen LogP contribution is 2.23. The second kappa shape index (κ2) is 11.0. The Bertz CT molecular complexity index is 980. The zero-order valence-electron chi connectivity index (χ0n) is 18.2. The second-order valence-corrected chi connectivity index (χ2v) is 8.07. The third-order valence-corrected chi connectivity index (χ3v) is 5.68. The van der Waals surface area contributed by atoms with Crippen molar-refractivity contribution in [1.29, 1.82) is 0 Å². The Labute approximate surface area is 189 Å². The van der Waals surface area contributed by atoms with Crippen molar-refractivity contribution in [2.45, 2.75) is 18.9 Å². The van der Waals surface area contributed by atoms with Crippen LogP contribution < -0.4 is 4.74 Å². The van der Waals surface area contributed by atoms with Crippen molar-refractivity contribution < 1.29 is 19.4 Å². The maximum Gasteiger partial charge on any atom is 0.165 e. The van der Waals surface area contributed by atoms with E-state index in [2.05, 4.69) is 4.90 Å². The molecule has 1 fully saturated rings. The van der Waals surface area contributed by atoms with Gasteiger partial charge in [-0.3, -0.25) is 9.69 Å². The molecule has 0 amide bonds. The van der Waals surface area contributed by atoms with Crippen LogP contribution in [0.2, 0.25) is 0 Å². The normalized spacial score (nSPS) is 15.3. The van der Waals surface area contributed by atoms with Gasteiger partial charge in [-0.15, -0.1) is 0 Å². The fraction of sp³-hybridized carbons (Fsp3) is 0.296. The highest BCUT2D eigenvalue weighted by atomic mass is 16.5. The van der Waals surface area contributed by atoms with Crippen molar-refractivity contribution in [1.82, 2.24) is 4.90 Å². The van der Waals surface area contributed by atoms with E-state index in [1.807, 2.05) is 78.9 Å². The number of hydrogen-bond donors (Lipinski definition) is 1. The predicted octanol–water partition coefficient (Wildman–Crippen LogP) is 3.74. The molecule has 0 aliphatic carbocycles. The standard InChI is InChI=1S/C27H29NO4/c29-26(18-21-4-2-1-3-5-21)27(30)19-22-6-8-23(9-7-22)24-10-12-25(13-11-24)32-20-28-14-16-31-17-15-28/h1-13,26,29H,14-20H2. The number of carbonyl (C=O) groups is 1. The minimum atomic E-state index is -0.984. The van der Waals surface area contributed by atoms with Crippen LogP contribution >= 0.6 is 0 Å². The van der Waals surface area contributed by atoms with E-state index in [1.54, 1.807) is 0 Å². The number of Topliss-reactive ketones (excluding diaryl/α,β-unsaturated/α-hetero) is 1. The van der Waals surface area contributed by atoms with E-state index < -0.39 is 6.10 Å². The molecule has 0 aromatic heterocycles. The number of ether oxygens (including phenoxy) is 2. The molecule has 32 heavy (non-hydrogen) atoms. The van der Waals surface area contributed by atoms with Crippen LogP contribution in [0.1, 0.15) is 11.1 Å². The first-order chi connectivity index (χ1) is 15.7. The number of morpholine rings is 1. The van der Waals surface area contributed by atoms with Gasteiger partial charge in [-0.25, -0.2) is 0 Å². The Hall–Kier alpha value is -2.99. The third-order valence-electron chi connectivity index (χ3n) is 5.68. The van der Waals surface area contributed by atoms with Gasteiger partial charge in [-0.1, -0.05) is 66.7 Å². The molecule has 3 aromatic rings. The van der Waals surface area contributed by atoms with Crippen LogP contribution in [0, 0.1) is 0 Å². The quantitative estimate of drug-likeness (QED) is 0.559. The van der Waals surface area contributed by atoms with Gasteiger partial charge in [-0.05, 0) is 34.4 Å². The fourth-order valence-electron chi connectivity index (χ4n) is 3.72. The van der Waals surface area contributed by atoms with Crippen LogP contribution in [-0.4, -0.2) is 54.9 Å². The lowest BCUT2D eigenvalue weighted by Gasteiger charge is -2.26. The van der Waals surface area contributed by atoms with E-state index in [0.29, 0.717) is 13.2 Å². The van der Waals surface area contributed by atoms with Gasteiger partial charge in [0, 0.05) is 25.9 Å². The summed E-state index contributed by atoms with van der Waals surface area (Å²) in [5, 5.41) is 10.2. The van der Waals surface area contributed by atoms with Gasteiger partial charge in [-0.2, -0.15) is 0 Å². The lowest BCUT2D eigenvalue weighted by Crippen LogP contribution is -2.38. The molecular formula is C27H29NO4. The molecule has 0 bridgehead atoms. The van der Waals surface area contributed by atoms with Crippen LogP contribution in [0.3, 0.4) is 0 Å². The van der Waals surface area contributed by atoms with Gasteiger partial charge in [0.25, 0.3) is 0 Å². The minimum absolute atomic E-state index is 0.164. The first kappa shape index (κ1) is 22.2. The van der Waals surface area contributed by atoms with Crippen LogP contribution in [0.4, 0.5) is 0 Å². The fourth-order valence-corrected chi connectivity index (χ4v) is 3.72. The van der Waals surface area contributed by atoms with Gasteiger partial charge in [0.2, 0.25) is 0 Å². The smallest absolute Gasteiger partial charge is 0.165 e. The molecular weight excluding hydrogens is 402 g/mol. The van der Waals surface area contributed by atoms with Crippen molar-refractivity contribution in [3.63, 3.8) is 0 Å². The van der Waals surface area contributed by atoms with E-state index in [-0.39, 0.29) is 12.2 Å². The summed E-state index contributed by atoms with van der Waals surface area (Å²) in [6.45, 7) is 3.89. The van der Waals surface area contributed by atoms with E-state index >= 15 is 0 Å². The monoisotopic (exact) mass is 431 g/mol. The maximum atomic E-state index is 12.4. The Morgan fingerprint density at radius 1 is 0.875 bits per heavy atom. The van der Waals surface area contributed by atoms with Crippen molar-refractivity contribution in [2.24, 2.45) is 0 Å². The highest BCUT2D eigenvalue weighted by Gasteiger charge is 2.16. The zero-order chi connectivity index (χ0) is 22.2. The molecule has 1 saturated heterocycles. The molecule has 5 heteroatoms. The molecule has 1 atom stereocenters. The molecule has 0 saturated carbocycles. The van der Waals surface area contributed by atoms with Crippen LogP contribution in [-0.2, 0) is 22.4 Å². The van der Waals surface area contributed by atoms with Crippen molar-refractivity contribution >= 4 is 5.78 Å². The molecule has 4 rings (SSSR count). The number of carbonyl (C=O) groups excluding carboxylic acids is 1. The summed E-state index contributed by atoms with van der Waals surface area (Å²) >= 11 is 0. The average Bonchev–Trinajstić information content (AvgIpc) is 2.85. The first-order valence-corrected chi connectivity index (χ1v) is 11.0. The number of hydrogen-bond acceptors (Lipinski definition) is 5. The summed E-state index contributed by atoms with van der Waals surface area (Å²) in [6, 6.07) is 25.5. The lowest BCUT2D eigenvalue weighted by atomic mass is 9.98. The molecule has 0 radical (unpaired) electrons. The Kier molecular flexibility index (Phi) is 7.67. The molecule has 1 aliphatic rings. The number of rotatable bonds is 9. The molecule has 166 valence electrons. The van der Waals surface area contributed by atoms with Crippen LogP contribution in [0.15, 0.2) is 78.9 Å². The Morgan fingerprint density at radius 3 is 2.16 bits per heavy atom. The number of nitrogens with zero attached hydrogens (tertiary/aromatic N) is 1. The Balaban J connectivity index is 1.29. The molecule has 0 spiro atoms. The van der Waals surface area contributed by atoms with E-state index in [9.17, 15) is 9.90 Å². The highest BCUT2D eigenvalue weighted by molar-refractivity contribution is 5.85. The van der Waals surface area contributed by atoms with E-state index in [0.717, 1.165) is 54.3 Å². The van der Waals surface area contributed by atoms with Gasteiger partial charge in [0.05, 0.1) is 13.2 Å². The summed E-state index contributed by atoms with van der Waals surface area (Å²) in [7, 11) is 0. The topological polar surface area (TPSA) is 59.0 Å². The molecule has 3 aromatic carbocycles. The third kappa shape index (κ3) is 6.26. The summed E-state index contributed by atoms with van der Waals surface area (Å²) in [4.78, 5) is 14.6. The van der Waals surface area contributed by atoms with Crippen molar-refractivity contribution in [2.75, 3.05) is 33.0 Å². The van der Waals surface area contributed by atoms with E-state index in [4.69, 9.17) is 9.47 Å². The average molecular weight is 432 g/mol. The number of ketones is 1. The summed E-state index contributed by atoms with van der Waals surface area (Å²) < 4.78 is 11.2. The lowest BCUT2D eigenvalue weighted by molar-refractivity contribution is -0.126. The number of aliphatic hydroxyl groups is 1. The first-order valence-electron chi connectivity index (χ1n) is 11.0. The van der Waals surface area contributed by atoms with Gasteiger partial charge in [0.15, 0.2) is 5.78 Å². The largest absolute Gasteiger partial charge is 0.478 e. The van der Waals surface area contributed by atoms with Crippen molar-refractivity contribution in [3.8, 4) is 16.9 Å². The molecule has 1 heterocycles. The summed E-state index contributed by atoms with van der Waals surface area (Å²) in [5.74, 6) is 0.679. The molecule has 1 unspecified atom stereocenters. The van der Waals surface area contributed by atoms with Crippen LogP contribution in [0.5, 0.6) is 5.75 Å². The number of benzene rings is 3. The van der Waals surface area contributed by atoms with Gasteiger partial charge in [0.1, 0.15) is 18.6 Å². The zero-order valence-corrected chi connectivity index (χ0v) is 18.2. The minimum Gasteiger partial charge on any atom is -0.478 e. The van der Waals surface area contributed by atoms with E-state index in [1.165, 1.54) is 0 Å². The predicted molar refractivity (Wildman–Crippen MR) is 125 cm³/mol. The Morgan fingerprint density at radius 2 is 1.50 bits per heavy atom. The molecule has 5 nitrogen and oxygen atoms in total. The molecule has 1 aliphatic heterocycles. The van der Waals surface area contributed by atoms with Gasteiger partial charge < -0.3 is 14.6 Å². The summed E-state index contributed by atoms with van der Waals surface area (Å²) in [5.41, 5.74) is 4.02. The molecule has 1 N–H and O–H groups in total. The second-order valence-electron chi connectivity index (χ2n) is 8.07.